The Bertz CT molecular complexity index is 991. The van der Waals surface area contributed by atoms with Crippen molar-refractivity contribution in [2.75, 3.05) is 12.4 Å². The second-order valence-electron chi connectivity index (χ2n) is 11.8. The predicted octanol–water partition coefficient (Wildman–Crippen LogP) is 6.22. The minimum absolute atomic E-state index is 0.0369. The molecule has 1 amide bonds. The van der Waals surface area contributed by atoms with E-state index in [-0.39, 0.29) is 11.9 Å². The molecule has 0 spiro atoms. The number of nitrogens with one attached hydrogen (secondary N) is 2. The molecule has 0 radical (unpaired) electrons. The van der Waals surface area contributed by atoms with E-state index in [0.29, 0.717) is 5.54 Å². The van der Waals surface area contributed by atoms with Crippen molar-refractivity contribution in [2.24, 2.45) is 23.7 Å². The SMILES string of the molecule is COc1cccc(CC(CC2CC2)NC(=O)c2ccc(NC34CC5CC(CC(C5)C3)C4)cc2)c1. The molecule has 0 aliphatic heterocycles. The lowest BCUT2D eigenvalue weighted by atomic mass is 9.53. The van der Waals surface area contributed by atoms with Crippen molar-refractivity contribution in [2.45, 2.75) is 75.8 Å². The molecule has 1 atom stereocenters. The molecular weight excluding hydrogens is 420 g/mol. The van der Waals surface area contributed by atoms with Gasteiger partial charge in [0.15, 0.2) is 0 Å². The third-order valence-electron chi connectivity index (χ3n) is 8.86. The summed E-state index contributed by atoms with van der Waals surface area (Å²) in [7, 11) is 1.70. The molecule has 4 nitrogen and oxygen atoms in total. The maximum Gasteiger partial charge on any atom is 0.251 e. The molecule has 7 rings (SSSR count). The minimum atomic E-state index is 0.0369. The molecule has 5 saturated carbocycles. The Morgan fingerprint density at radius 2 is 1.68 bits per heavy atom. The summed E-state index contributed by atoms with van der Waals surface area (Å²) in [5, 5.41) is 7.26. The van der Waals surface area contributed by atoms with E-state index in [0.717, 1.165) is 47.8 Å². The normalized spacial score (nSPS) is 30.1. The Kier molecular flexibility index (Phi) is 5.79. The molecule has 4 bridgehead atoms. The van der Waals surface area contributed by atoms with Gasteiger partial charge in [0.05, 0.1) is 7.11 Å². The van der Waals surface area contributed by atoms with Gasteiger partial charge in [0.1, 0.15) is 5.75 Å². The van der Waals surface area contributed by atoms with E-state index in [4.69, 9.17) is 4.74 Å². The van der Waals surface area contributed by atoms with E-state index in [1.54, 1.807) is 7.11 Å². The number of benzene rings is 2. The highest BCUT2D eigenvalue weighted by molar-refractivity contribution is 5.94. The summed E-state index contributed by atoms with van der Waals surface area (Å²) in [5.74, 6) is 4.44. The number of carbonyl (C=O) groups is 1. The average Bonchev–Trinajstić information content (AvgIpc) is 3.62. The predicted molar refractivity (Wildman–Crippen MR) is 136 cm³/mol. The van der Waals surface area contributed by atoms with Crippen LogP contribution in [0.25, 0.3) is 0 Å². The lowest BCUT2D eigenvalue weighted by molar-refractivity contribution is 0.0107. The van der Waals surface area contributed by atoms with Crippen molar-refractivity contribution in [3.63, 3.8) is 0 Å². The highest BCUT2D eigenvalue weighted by atomic mass is 16.5. The molecular formula is C30H38N2O2. The van der Waals surface area contributed by atoms with E-state index in [1.165, 1.54) is 62.6 Å². The van der Waals surface area contributed by atoms with E-state index >= 15 is 0 Å². The summed E-state index contributed by atoms with van der Waals surface area (Å²) in [5.41, 5.74) is 3.43. The van der Waals surface area contributed by atoms with Crippen molar-refractivity contribution in [3.8, 4) is 5.75 Å². The van der Waals surface area contributed by atoms with E-state index in [2.05, 4.69) is 34.9 Å². The molecule has 4 heteroatoms. The first kappa shape index (κ1) is 22.0. The highest BCUT2D eigenvalue weighted by Gasteiger charge is 2.50. The third kappa shape index (κ3) is 4.82. The second kappa shape index (κ2) is 8.94. The minimum Gasteiger partial charge on any atom is -0.497 e. The van der Waals surface area contributed by atoms with Gasteiger partial charge in [0.25, 0.3) is 5.91 Å². The first-order chi connectivity index (χ1) is 16.6. The monoisotopic (exact) mass is 458 g/mol. The van der Waals surface area contributed by atoms with Crippen LogP contribution in [0.1, 0.15) is 73.7 Å². The highest BCUT2D eigenvalue weighted by Crippen LogP contribution is 2.56. The van der Waals surface area contributed by atoms with Crippen LogP contribution in [0.3, 0.4) is 0 Å². The number of carbonyl (C=O) groups excluding carboxylic acids is 1. The number of methoxy groups -OCH3 is 1. The summed E-state index contributed by atoms with van der Waals surface area (Å²) in [6.45, 7) is 0. The van der Waals surface area contributed by atoms with E-state index in [9.17, 15) is 4.79 Å². The molecule has 0 saturated heterocycles. The van der Waals surface area contributed by atoms with Crippen molar-refractivity contribution < 1.29 is 9.53 Å². The van der Waals surface area contributed by atoms with Crippen LogP contribution in [-0.2, 0) is 6.42 Å². The van der Waals surface area contributed by atoms with E-state index < -0.39 is 0 Å². The van der Waals surface area contributed by atoms with Gasteiger partial charge in [-0.3, -0.25) is 4.79 Å². The van der Waals surface area contributed by atoms with Crippen molar-refractivity contribution in [1.82, 2.24) is 5.32 Å². The Labute approximate surface area is 203 Å². The van der Waals surface area contributed by atoms with Crippen LogP contribution >= 0.6 is 0 Å². The zero-order valence-corrected chi connectivity index (χ0v) is 20.4. The molecule has 2 aromatic rings. The van der Waals surface area contributed by atoms with Crippen LogP contribution in [0, 0.1) is 23.7 Å². The molecule has 0 heterocycles. The Morgan fingerprint density at radius 1 is 1.00 bits per heavy atom. The van der Waals surface area contributed by atoms with Crippen LogP contribution in [0.15, 0.2) is 48.5 Å². The molecule has 0 aromatic heterocycles. The third-order valence-corrected chi connectivity index (χ3v) is 8.86. The summed E-state index contributed by atoms with van der Waals surface area (Å²) in [6, 6.07) is 16.6. The van der Waals surface area contributed by atoms with Crippen molar-refractivity contribution >= 4 is 11.6 Å². The van der Waals surface area contributed by atoms with Gasteiger partial charge in [-0.25, -0.2) is 0 Å². The number of hydrogen-bond donors (Lipinski definition) is 2. The quantitative estimate of drug-likeness (QED) is 0.469. The summed E-state index contributed by atoms with van der Waals surface area (Å²) in [6.07, 6.45) is 12.8. The van der Waals surface area contributed by atoms with Gasteiger partial charge in [-0.05, 0) is 117 Å². The van der Waals surface area contributed by atoms with Gasteiger partial charge in [-0.15, -0.1) is 0 Å². The van der Waals surface area contributed by atoms with Gasteiger partial charge >= 0.3 is 0 Å². The zero-order chi connectivity index (χ0) is 23.1. The number of hydrogen-bond acceptors (Lipinski definition) is 3. The number of rotatable bonds is 9. The summed E-state index contributed by atoms with van der Waals surface area (Å²) in [4.78, 5) is 13.1. The van der Waals surface area contributed by atoms with Crippen LogP contribution in [0.2, 0.25) is 0 Å². The van der Waals surface area contributed by atoms with Gasteiger partial charge in [-0.1, -0.05) is 25.0 Å². The van der Waals surface area contributed by atoms with Gasteiger partial charge in [-0.2, -0.15) is 0 Å². The Hall–Kier alpha value is -2.49. The number of ether oxygens (including phenoxy) is 1. The smallest absolute Gasteiger partial charge is 0.251 e. The van der Waals surface area contributed by atoms with Crippen LogP contribution < -0.4 is 15.4 Å². The molecule has 1 unspecified atom stereocenters. The second-order valence-corrected chi connectivity index (χ2v) is 11.8. The fourth-order valence-electron chi connectivity index (χ4n) is 7.58. The lowest BCUT2D eigenvalue weighted by Gasteiger charge is -2.57. The molecule has 2 N–H and O–H groups in total. The number of amides is 1. The first-order valence-electron chi connectivity index (χ1n) is 13.4. The lowest BCUT2D eigenvalue weighted by Crippen LogP contribution is -2.54. The van der Waals surface area contributed by atoms with Gasteiger partial charge < -0.3 is 15.4 Å². The standard InChI is InChI=1S/C30H38N2O2/c1-34-28-4-2-3-21(16-28)15-27(14-20-5-6-20)31-29(33)25-7-9-26(10-8-25)32-30-17-22-11-23(18-30)13-24(12-22)19-30/h2-4,7-10,16,20,22-24,27,32H,5-6,11-15,17-19H2,1H3,(H,31,33). The molecule has 2 aromatic carbocycles. The molecule has 5 fully saturated rings. The zero-order valence-electron chi connectivity index (χ0n) is 20.4. The molecule has 180 valence electrons. The van der Waals surface area contributed by atoms with Crippen LogP contribution in [-0.4, -0.2) is 24.6 Å². The Balaban J connectivity index is 1.10. The summed E-state index contributed by atoms with van der Waals surface area (Å²) >= 11 is 0. The van der Waals surface area contributed by atoms with Gasteiger partial charge in [0, 0.05) is 22.8 Å². The first-order valence-corrected chi connectivity index (χ1v) is 13.4. The fraction of sp³-hybridized carbons (Fsp3) is 0.567. The maximum absolute atomic E-state index is 13.1. The molecule has 5 aliphatic carbocycles. The van der Waals surface area contributed by atoms with Crippen molar-refractivity contribution in [1.29, 1.82) is 0 Å². The largest absolute Gasteiger partial charge is 0.497 e. The topological polar surface area (TPSA) is 50.4 Å². The van der Waals surface area contributed by atoms with Crippen LogP contribution in [0.5, 0.6) is 5.75 Å². The Morgan fingerprint density at radius 3 is 2.29 bits per heavy atom. The van der Waals surface area contributed by atoms with Gasteiger partial charge in [0.2, 0.25) is 0 Å². The van der Waals surface area contributed by atoms with E-state index in [1.807, 2.05) is 24.3 Å². The molecule has 5 aliphatic rings. The van der Waals surface area contributed by atoms with Crippen LogP contribution in [0.4, 0.5) is 5.69 Å². The average molecular weight is 459 g/mol. The summed E-state index contributed by atoms with van der Waals surface area (Å²) < 4.78 is 5.39. The van der Waals surface area contributed by atoms with Crippen molar-refractivity contribution in [3.05, 3.63) is 59.7 Å². The maximum atomic E-state index is 13.1. The fourth-order valence-corrected chi connectivity index (χ4v) is 7.58. The molecule has 34 heavy (non-hydrogen) atoms. The number of anilines is 1.